The Balaban J connectivity index is 1.12. The molecule has 1 aromatic heterocycles. The van der Waals surface area contributed by atoms with Crippen LogP contribution in [0.25, 0.3) is 10.6 Å². The number of rotatable bonds is 6. The van der Waals surface area contributed by atoms with Crippen LogP contribution in [0.5, 0.6) is 5.75 Å². The van der Waals surface area contributed by atoms with Crippen LogP contribution in [-0.2, 0) is 16.1 Å². The number of piperidine rings is 2. The molecule has 0 aliphatic carbocycles. The van der Waals surface area contributed by atoms with Gasteiger partial charge in [0.05, 0.1) is 6.04 Å². The molecule has 4 heterocycles. The summed E-state index contributed by atoms with van der Waals surface area (Å²) in [5, 5.41) is 4.97. The van der Waals surface area contributed by atoms with Crippen LogP contribution in [-0.4, -0.2) is 63.6 Å². The van der Waals surface area contributed by atoms with Crippen LogP contribution in [0.1, 0.15) is 58.5 Å². The molecule has 0 spiro atoms. The first-order chi connectivity index (χ1) is 19.0. The van der Waals surface area contributed by atoms with Gasteiger partial charge in [-0.05, 0) is 49.4 Å². The first-order valence-corrected chi connectivity index (χ1v) is 14.1. The molecule has 1 N–H and O–H groups in total. The van der Waals surface area contributed by atoms with Crippen molar-refractivity contribution in [1.29, 1.82) is 0 Å². The molecule has 10 heteroatoms. The highest BCUT2D eigenvalue weighted by atomic mass is 32.1. The third kappa shape index (κ3) is 5.04. The number of nitrogens with zero attached hydrogens (tertiary/aromatic N) is 3. The molecule has 1 unspecified atom stereocenters. The minimum atomic E-state index is -0.651. The molecule has 39 heavy (non-hydrogen) atoms. The van der Waals surface area contributed by atoms with Crippen LogP contribution < -0.4 is 10.1 Å². The van der Waals surface area contributed by atoms with Gasteiger partial charge >= 0.3 is 0 Å². The van der Waals surface area contributed by atoms with Gasteiger partial charge in [-0.2, -0.15) is 0 Å². The maximum Gasteiger partial charge on any atom is 0.273 e. The molecule has 4 amide bonds. The van der Waals surface area contributed by atoms with Crippen molar-refractivity contribution in [2.24, 2.45) is 0 Å². The van der Waals surface area contributed by atoms with Crippen molar-refractivity contribution in [3.05, 3.63) is 70.7 Å². The zero-order valence-electron chi connectivity index (χ0n) is 21.3. The van der Waals surface area contributed by atoms with Gasteiger partial charge in [0.2, 0.25) is 11.8 Å². The Labute approximate surface area is 229 Å². The zero-order chi connectivity index (χ0) is 26.9. The van der Waals surface area contributed by atoms with Gasteiger partial charge in [-0.1, -0.05) is 30.3 Å². The normalized spacial score (nSPS) is 21.1. The van der Waals surface area contributed by atoms with E-state index in [4.69, 9.17) is 4.74 Å². The van der Waals surface area contributed by atoms with E-state index < -0.39 is 11.9 Å². The summed E-state index contributed by atoms with van der Waals surface area (Å²) in [5.41, 5.74) is 2.77. The Morgan fingerprint density at radius 1 is 1.08 bits per heavy atom. The smallest absolute Gasteiger partial charge is 0.273 e. The number of ether oxygens (including phenoxy) is 1. The van der Waals surface area contributed by atoms with E-state index in [1.807, 2.05) is 46.7 Å². The van der Waals surface area contributed by atoms with Crippen LogP contribution in [0, 0.1) is 0 Å². The highest BCUT2D eigenvalue weighted by molar-refractivity contribution is 7.13. The molecule has 200 valence electrons. The Kier molecular flexibility index (Phi) is 6.86. The molecule has 2 atom stereocenters. The summed E-state index contributed by atoms with van der Waals surface area (Å²) in [7, 11) is 0. The number of nitrogens with one attached hydrogen (secondary N) is 1. The van der Waals surface area contributed by atoms with E-state index in [0.717, 1.165) is 35.4 Å². The maximum absolute atomic E-state index is 13.4. The van der Waals surface area contributed by atoms with Gasteiger partial charge in [0.25, 0.3) is 11.8 Å². The van der Waals surface area contributed by atoms with Crippen molar-refractivity contribution in [1.82, 2.24) is 20.1 Å². The van der Waals surface area contributed by atoms with Gasteiger partial charge in [0, 0.05) is 36.0 Å². The molecule has 2 fully saturated rings. The highest BCUT2D eigenvalue weighted by Gasteiger charge is 2.39. The number of benzene rings is 2. The van der Waals surface area contributed by atoms with Crippen molar-refractivity contribution in [2.75, 3.05) is 13.2 Å². The van der Waals surface area contributed by atoms with Gasteiger partial charge in [-0.25, -0.2) is 4.98 Å². The average Bonchev–Trinajstić information content (AvgIpc) is 3.57. The molecular formula is C29H28N4O5S. The van der Waals surface area contributed by atoms with Crippen molar-refractivity contribution in [3.63, 3.8) is 0 Å². The predicted molar refractivity (Wildman–Crippen MR) is 144 cm³/mol. The quantitative estimate of drug-likeness (QED) is 0.475. The Hall–Kier alpha value is -4.05. The zero-order valence-corrected chi connectivity index (χ0v) is 22.1. The van der Waals surface area contributed by atoms with Crippen molar-refractivity contribution >= 4 is 35.0 Å². The molecule has 0 bridgehead atoms. The highest BCUT2D eigenvalue weighted by Crippen LogP contribution is 2.31. The van der Waals surface area contributed by atoms with E-state index in [1.54, 1.807) is 12.1 Å². The van der Waals surface area contributed by atoms with Crippen LogP contribution in [0.3, 0.4) is 0 Å². The van der Waals surface area contributed by atoms with Gasteiger partial charge in [0.15, 0.2) is 0 Å². The molecule has 3 aromatic rings. The van der Waals surface area contributed by atoms with E-state index >= 15 is 0 Å². The summed E-state index contributed by atoms with van der Waals surface area (Å²) in [5.74, 6) is -0.418. The Morgan fingerprint density at radius 2 is 1.92 bits per heavy atom. The third-order valence-electron chi connectivity index (χ3n) is 7.57. The summed E-state index contributed by atoms with van der Waals surface area (Å²) < 4.78 is 6.15. The lowest BCUT2D eigenvalue weighted by atomic mass is 10.0. The molecule has 0 saturated carbocycles. The van der Waals surface area contributed by atoms with Crippen molar-refractivity contribution in [3.8, 4) is 16.3 Å². The predicted octanol–water partition coefficient (Wildman–Crippen LogP) is 3.64. The van der Waals surface area contributed by atoms with Crippen molar-refractivity contribution < 1.29 is 23.9 Å². The maximum atomic E-state index is 13.4. The second-order valence-corrected chi connectivity index (χ2v) is 10.9. The van der Waals surface area contributed by atoms with Crippen LogP contribution in [0.2, 0.25) is 0 Å². The molecular weight excluding hydrogens is 516 g/mol. The lowest BCUT2D eigenvalue weighted by molar-refractivity contribution is -0.136. The number of imide groups is 1. The molecule has 3 aliphatic rings. The number of likely N-dealkylation sites (tertiary alicyclic amines) is 1. The van der Waals surface area contributed by atoms with Gasteiger partial charge in [0.1, 0.15) is 29.1 Å². The summed E-state index contributed by atoms with van der Waals surface area (Å²) in [6.45, 7) is 1.29. The standard InChI is InChI=1S/C29H28N4O5S/c34-25-12-11-24(26(35)31-25)33-15-19-14-21(9-10-22(19)28(33)36)38-16-20-8-4-5-13-32(20)29(37)23-17-39-27(30-23)18-6-2-1-3-7-18/h1-3,6-7,9-10,14,17,20,24H,4-5,8,11-13,15-16H2,(H,31,34,35)/t20-,24?/m1/s1. The minimum absolute atomic E-state index is 0.0806. The number of carbonyl (C=O) groups excluding carboxylic acids is 4. The molecule has 2 aromatic carbocycles. The molecule has 3 aliphatic heterocycles. The molecule has 2 saturated heterocycles. The lowest BCUT2D eigenvalue weighted by Crippen LogP contribution is -2.52. The van der Waals surface area contributed by atoms with Crippen LogP contribution in [0.4, 0.5) is 0 Å². The van der Waals surface area contributed by atoms with Crippen molar-refractivity contribution in [2.45, 2.75) is 50.7 Å². The summed E-state index contributed by atoms with van der Waals surface area (Å²) in [6.07, 6.45) is 3.34. The summed E-state index contributed by atoms with van der Waals surface area (Å²) in [6, 6.07) is 14.4. The number of amides is 4. The SMILES string of the molecule is O=C1CCC(N2Cc3cc(OC[C@H]4CCCCN4C(=O)c4csc(-c5ccccc5)n4)ccc3C2=O)C(=O)N1. The number of hydrogen-bond donors (Lipinski definition) is 1. The Bertz CT molecular complexity index is 1440. The fourth-order valence-corrected chi connectivity index (χ4v) is 6.31. The largest absolute Gasteiger partial charge is 0.491 e. The van der Waals surface area contributed by atoms with Gasteiger partial charge in [-0.15, -0.1) is 11.3 Å². The lowest BCUT2D eigenvalue weighted by Gasteiger charge is -2.35. The number of fused-ring (bicyclic) bond motifs is 1. The third-order valence-corrected chi connectivity index (χ3v) is 8.46. The second-order valence-electron chi connectivity index (χ2n) is 10.1. The van der Waals surface area contributed by atoms with E-state index in [1.165, 1.54) is 16.2 Å². The fraction of sp³-hybridized carbons (Fsp3) is 0.345. The topological polar surface area (TPSA) is 109 Å². The van der Waals surface area contributed by atoms with E-state index in [-0.39, 0.29) is 30.2 Å². The summed E-state index contributed by atoms with van der Waals surface area (Å²) in [4.78, 5) is 58.2. The second kappa shape index (κ2) is 10.6. The number of carbonyl (C=O) groups is 4. The van der Waals surface area contributed by atoms with E-state index in [9.17, 15) is 19.2 Å². The molecule has 6 rings (SSSR count). The molecule has 0 radical (unpaired) electrons. The average molecular weight is 545 g/mol. The monoisotopic (exact) mass is 544 g/mol. The first-order valence-electron chi connectivity index (χ1n) is 13.2. The minimum Gasteiger partial charge on any atom is -0.491 e. The van der Waals surface area contributed by atoms with Gasteiger partial charge in [-0.3, -0.25) is 24.5 Å². The number of aromatic nitrogens is 1. The van der Waals surface area contributed by atoms with E-state index in [2.05, 4.69) is 10.3 Å². The Morgan fingerprint density at radius 3 is 2.74 bits per heavy atom. The van der Waals surface area contributed by atoms with Crippen LogP contribution >= 0.6 is 11.3 Å². The van der Waals surface area contributed by atoms with Crippen LogP contribution in [0.15, 0.2) is 53.9 Å². The van der Waals surface area contributed by atoms with E-state index in [0.29, 0.717) is 43.1 Å². The number of hydrogen-bond acceptors (Lipinski definition) is 7. The number of thiazole rings is 1. The first kappa shape index (κ1) is 25.2. The molecule has 9 nitrogen and oxygen atoms in total. The fourth-order valence-electron chi connectivity index (χ4n) is 5.51. The van der Waals surface area contributed by atoms with Gasteiger partial charge < -0.3 is 14.5 Å². The summed E-state index contributed by atoms with van der Waals surface area (Å²) >= 11 is 1.47.